The topological polar surface area (TPSA) is 26.8 Å². The highest BCUT2D eigenvalue weighted by Crippen LogP contribution is 2.39. The van der Waals surface area contributed by atoms with Gasteiger partial charge in [0, 0.05) is 57.2 Å². The summed E-state index contributed by atoms with van der Waals surface area (Å²) in [6.45, 7) is 6.23. The zero-order valence-corrected chi connectivity index (χ0v) is 23.8. The highest BCUT2D eigenvalue weighted by Gasteiger charge is 2.40. The summed E-state index contributed by atoms with van der Waals surface area (Å²) in [5, 5.41) is 0. The van der Waals surface area contributed by atoms with Crippen LogP contribution >= 0.6 is 11.6 Å². The maximum Gasteiger partial charge on any atom is 0.254 e. The van der Waals surface area contributed by atoms with Crippen molar-refractivity contribution in [2.75, 3.05) is 39.3 Å². The van der Waals surface area contributed by atoms with Gasteiger partial charge in [-0.25, -0.2) is 0 Å². The Bertz CT molecular complexity index is 1310. The number of carbonyl (C=O) groups excluding carboxylic acids is 1. The first kappa shape index (κ1) is 27.0. The Morgan fingerprint density at radius 2 is 1.38 bits per heavy atom. The summed E-state index contributed by atoms with van der Waals surface area (Å²) in [6.07, 6.45) is 7.02. The fourth-order valence-electron chi connectivity index (χ4n) is 6.44. The lowest BCUT2D eigenvalue weighted by molar-refractivity contribution is -0.128. The van der Waals surface area contributed by atoms with Crippen molar-refractivity contribution in [3.05, 3.63) is 131 Å². The van der Waals surface area contributed by atoms with E-state index < -0.39 is 5.00 Å². The van der Waals surface area contributed by atoms with E-state index in [0.29, 0.717) is 12.5 Å². The van der Waals surface area contributed by atoms with E-state index >= 15 is 0 Å². The van der Waals surface area contributed by atoms with E-state index in [0.717, 1.165) is 75.2 Å². The second-order valence-electron chi connectivity index (χ2n) is 11.3. The smallest absolute Gasteiger partial charge is 0.254 e. The van der Waals surface area contributed by atoms with Crippen molar-refractivity contribution in [3.63, 3.8) is 0 Å². The molecular formula is C35H38ClN3O. The first-order valence-electron chi connectivity index (χ1n) is 14.6. The predicted molar refractivity (Wildman–Crippen MR) is 163 cm³/mol. The summed E-state index contributed by atoms with van der Waals surface area (Å²) in [4.78, 5) is 19.8. The van der Waals surface area contributed by atoms with E-state index in [1.165, 1.54) is 11.1 Å². The number of hydrogen-bond acceptors (Lipinski definition) is 3. The van der Waals surface area contributed by atoms with Gasteiger partial charge in [-0.15, -0.1) is 0 Å². The largest absolute Gasteiger partial charge is 0.334 e. The Kier molecular flexibility index (Phi) is 8.20. The molecular weight excluding hydrogens is 514 g/mol. The minimum Gasteiger partial charge on any atom is -0.334 e. The molecule has 3 aromatic carbocycles. The van der Waals surface area contributed by atoms with Crippen LogP contribution in [0.15, 0.2) is 114 Å². The molecule has 0 bridgehead atoms. The SMILES string of the molecule is O=C1C2=CC(Cl)(N3CCN(CCC(c4ccccc4)c4ccccc4)CC3)CC=C2CCN1Cc1ccccc1. The standard InChI is InChI=1S/C35H38ClN3O/c36-35(19-16-31-17-21-38(34(40)33(31)26-35)27-28-10-4-1-5-11-28)39-24-22-37(23-25-39)20-18-32(29-12-6-2-7-13-29)30-14-8-3-9-15-30/h1-16,26,32H,17-25,27H2. The molecule has 40 heavy (non-hydrogen) atoms. The number of carbonyl (C=O) groups is 1. The normalized spacial score (nSPS) is 22.1. The summed E-state index contributed by atoms with van der Waals surface area (Å²) < 4.78 is 0. The van der Waals surface area contributed by atoms with Crippen LogP contribution in [0.2, 0.25) is 0 Å². The third kappa shape index (κ3) is 5.95. The number of likely N-dealkylation sites (tertiary alicyclic amines) is 1. The van der Waals surface area contributed by atoms with E-state index in [1.54, 1.807) is 0 Å². The van der Waals surface area contributed by atoms with Gasteiger partial charge in [0.15, 0.2) is 0 Å². The molecule has 1 aliphatic carbocycles. The van der Waals surface area contributed by atoms with Crippen LogP contribution < -0.4 is 0 Å². The average Bonchev–Trinajstić information content (AvgIpc) is 3.01. The minimum atomic E-state index is -0.632. The highest BCUT2D eigenvalue weighted by molar-refractivity contribution is 6.25. The fraction of sp³-hybridized carbons (Fsp3) is 0.343. The fourth-order valence-corrected chi connectivity index (χ4v) is 6.79. The molecule has 0 saturated carbocycles. The summed E-state index contributed by atoms with van der Waals surface area (Å²) >= 11 is 7.30. The molecule has 6 rings (SSSR count). The van der Waals surface area contributed by atoms with Crippen molar-refractivity contribution in [1.82, 2.24) is 14.7 Å². The van der Waals surface area contributed by atoms with Gasteiger partial charge < -0.3 is 9.80 Å². The zero-order valence-electron chi connectivity index (χ0n) is 23.1. The van der Waals surface area contributed by atoms with Crippen LogP contribution in [0.3, 0.4) is 0 Å². The number of benzene rings is 3. The van der Waals surface area contributed by atoms with Crippen LogP contribution in [-0.4, -0.2) is 64.9 Å². The summed E-state index contributed by atoms with van der Waals surface area (Å²) in [5.41, 5.74) is 5.88. The number of halogens is 1. The minimum absolute atomic E-state index is 0.109. The molecule has 2 aliphatic heterocycles. The summed E-state index contributed by atoms with van der Waals surface area (Å²) in [5.74, 6) is 0.500. The second kappa shape index (κ2) is 12.1. The number of rotatable bonds is 8. The van der Waals surface area contributed by atoms with Gasteiger partial charge in [0.1, 0.15) is 5.00 Å². The molecule has 5 heteroatoms. The van der Waals surface area contributed by atoms with Gasteiger partial charge in [-0.05, 0) is 47.7 Å². The molecule has 2 saturated heterocycles. The maximum absolute atomic E-state index is 13.5. The van der Waals surface area contributed by atoms with Crippen LogP contribution in [0, 0.1) is 0 Å². The van der Waals surface area contributed by atoms with Crippen molar-refractivity contribution in [3.8, 4) is 0 Å². The predicted octanol–water partition coefficient (Wildman–Crippen LogP) is 6.45. The van der Waals surface area contributed by atoms with Crippen molar-refractivity contribution < 1.29 is 4.79 Å². The zero-order chi connectivity index (χ0) is 27.4. The van der Waals surface area contributed by atoms with Gasteiger partial charge in [-0.3, -0.25) is 9.69 Å². The van der Waals surface area contributed by atoms with Crippen LogP contribution in [0.1, 0.15) is 41.9 Å². The van der Waals surface area contributed by atoms with E-state index in [-0.39, 0.29) is 5.91 Å². The maximum atomic E-state index is 13.5. The molecule has 2 fully saturated rings. The van der Waals surface area contributed by atoms with Crippen LogP contribution in [0.25, 0.3) is 0 Å². The molecule has 0 spiro atoms. The van der Waals surface area contributed by atoms with Crippen molar-refractivity contribution in [2.24, 2.45) is 0 Å². The lowest BCUT2D eigenvalue weighted by Crippen LogP contribution is -2.55. The van der Waals surface area contributed by atoms with Gasteiger partial charge in [-0.2, -0.15) is 0 Å². The quantitative estimate of drug-likeness (QED) is 0.238. The first-order chi connectivity index (χ1) is 19.6. The van der Waals surface area contributed by atoms with Gasteiger partial charge in [-0.1, -0.05) is 109 Å². The van der Waals surface area contributed by atoms with Gasteiger partial charge in [0.05, 0.1) is 0 Å². The Labute approximate surface area is 243 Å². The Morgan fingerprint density at radius 1 is 0.775 bits per heavy atom. The number of nitrogens with zero attached hydrogens (tertiary/aromatic N) is 3. The number of amides is 1. The third-order valence-electron chi connectivity index (χ3n) is 8.77. The van der Waals surface area contributed by atoms with Crippen LogP contribution in [0.4, 0.5) is 0 Å². The number of hydrogen-bond donors (Lipinski definition) is 0. The number of fused-ring (bicyclic) bond motifs is 1. The molecule has 4 nitrogen and oxygen atoms in total. The van der Waals surface area contributed by atoms with Crippen molar-refractivity contribution in [2.45, 2.75) is 36.7 Å². The number of piperazine rings is 1. The van der Waals surface area contributed by atoms with Crippen molar-refractivity contribution in [1.29, 1.82) is 0 Å². The first-order valence-corrected chi connectivity index (χ1v) is 15.0. The van der Waals surface area contributed by atoms with Crippen LogP contribution in [-0.2, 0) is 11.3 Å². The van der Waals surface area contributed by atoms with E-state index in [9.17, 15) is 4.79 Å². The summed E-state index contributed by atoms with van der Waals surface area (Å²) in [7, 11) is 0. The molecule has 0 aromatic heterocycles. The van der Waals surface area contributed by atoms with Gasteiger partial charge >= 0.3 is 0 Å². The Balaban J connectivity index is 1.08. The summed E-state index contributed by atoms with van der Waals surface area (Å²) in [6, 6.07) is 32.0. The van der Waals surface area contributed by atoms with Crippen LogP contribution in [0.5, 0.6) is 0 Å². The van der Waals surface area contributed by atoms with E-state index in [2.05, 4.69) is 94.7 Å². The van der Waals surface area contributed by atoms with Gasteiger partial charge in [0.25, 0.3) is 5.91 Å². The molecule has 1 atom stereocenters. The second-order valence-corrected chi connectivity index (χ2v) is 11.9. The Hall–Kier alpha value is -3.18. The highest BCUT2D eigenvalue weighted by atomic mass is 35.5. The average molecular weight is 552 g/mol. The Morgan fingerprint density at radius 3 is 2.00 bits per heavy atom. The molecule has 0 N–H and O–H groups in total. The lowest BCUT2D eigenvalue weighted by atomic mass is 9.87. The molecule has 1 amide bonds. The third-order valence-corrected chi connectivity index (χ3v) is 9.27. The van der Waals surface area contributed by atoms with E-state index in [1.807, 2.05) is 23.1 Å². The molecule has 1 unspecified atom stereocenters. The van der Waals surface area contributed by atoms with Gasteiger partial charge in [0.2, 0.25) is 0 Å². The number of piperidine rings is 1. The monoisotopic (exact) mass is 551 g/mol. The van der Waals surface area contributed by atoms with Crippen molar-refractivity contribution >= 4 is 17.5 Å². The van der Waals surface area contributed by atoms with E-state index in [4.69, 9.17) is 11.6 Å². The molecule has 3 aromatic rings. The molecule has 3 aliphatic rings. The molecule has 0 radical (unpaired) electrons. The lowest BCUT2D eigenvalue weighted by Gasteiger charge is -2.45. The molecule has 2 heterocycles. The number of alkyl halides is 1. The molecule has 206 valence electrons.